The van der Waals surface area contributed by atoms with Crippen LogP contribution < -0.4 is 10.7 Å². The second-order valence-electron chi connectivity index (χ2n) is 4.55. The van der Waals surface area contributed by atoms with E-state index in [-0.39, 0.29) is 0 Å². The van der Waals surface area contributed by atoms with Gasteiger partial charge in [-0.2, -0.15) is 0 Å². The van der Waals surface area contributed by atoms with Gasteiger partial charge >= 0.3 is 5.76 Å². The summed E-state index contributed by atoms with van der Waals surface area (Å²) in [5.74, 6) is 0.383. The predicted octanol–water partition coefficient (Wildman–Crippen LogP) is 3.35. The van der Waals surface area contributed by atoms with Gasteiger partial charge in [-0.05, 0) is 52.7 Å². The molecule has 0 fully saturated rings. The third-order valence-electron chi connectivity index (χ3n) is 3.17. The Hall–Kier alpha value is -2.08. The smallest absolute Gasteiger partial charge is 0.408 e. The van der Waals surface area contributed by atoms with E-state index in [1.165, 1.54) is 0 Å². The summed E-state index contributed by atoms with van der Waals surface area (Å²) in [4.78, 5) is 20.2. The topological polar surface area (TPSA) is 62.1 Å². The molecular weight excluding hydrogens is 322 g/mol. The monoisotopic (exact) mass is 333 g/mol. The van der Waals surface area contributed by atoms with Crippen molar-refractivity contribution in [1.29, 1.82) is 0 Å². The third-order valence-corrected chi connectivity index (χ3v) is 4.00. The van der Waals surface area contributed by atoms with Gasteiger partial charge in [0.15, 0.2) is 5.58 Å². The van der Waals surface area contributed by atoms with Gasteiger partial charge in [-0.1, -0.05) is 0 Å². The molecule has 0 aliphatic carbocycles. The van der Waals surface area contributed by atoms with E-state index in [0.29, 0.717) is 11.1 Å². The molecule has 0 radical (unpaired) electrons. The molecule has 5 nitrogen and oxygen atoms in total. The van der Waals surface area contributed by atoms with Crippen molar-refractivity contribution in [3.05, 3.63) is 51.0 Å². The van der Waals surface area contributed by atoms with Gasteiger partial charge in [0.05, 0.1) is 5.52 Å². The van der Waals surface area contributed by atoms with Gasteiger partial charge in [0.25, 0.3) is 0 Å². The molecule has 6 heteroatoms. The van der Waals surface area contributed by atoms with Gasteiger partial charge in [-0.25, -0.2) is 9.78 Å². The first-order valence-corrected chi connectivity index (χ1v) is 6.82. The lowest BCUT2D eigenvalue weighted by Crippen LogP contribution is -2.11. The lowest BCUT2D eigenvalue weighted by molar-refractivity contribution is 0.555. The van der Waals surface area contributed by atoms with Crippen molar-refractivity contribution in [2.75, 3.05) is 11.9 Å². The molecule has 20 heavy (non-hydrogen) atoms. The normalized spacial score (nSPS) is 10.9. The Kier molecular flexibility index (Phi) is 3.10. The van der Waals surface area contributed by atoms with Crippen LogP contribution in [0.25, 0.3) is 11.1 Å². The van der Waals surface area contributed by atoms with Gasteiger partial charge in [0.2, 0.25) is 0 Å². The van der Waals surface area contributed by atoms with Gasteiger partial charge in [-0.15, -0.1) is 0 Å². The van der Waals surface area contributed by atoms with Crippen molar-refractivity contribution in [3.8, 4) is 0 Å². The number of hydrogen-bond donors (Lipinski definition) is 1. The summed E-state index contributed by atoms with van der Waals surface area (Å²) in [6, 6.07) is 7.51. The summed E-state index contributed by atoms with van der Waals surface area (Å²) in [5, 5.41) is 0. The molecule has 0 unspecified atom stereocenters. The van der Waals surface area contributed by atoms with Crippen LogP contribution in [0.15, 0.2) is 44.1 Å². The molecule has 2 aromatic heterocycles. The number of nitrogens with zero attached hydrogens (tertiary/aromatic N) is 2. The van der Waals surface area contributed by atoms with Gasteiger partial charge in [-0.3, -0.25) is 4.98 Å². The Morgan fingerprint density at radius 3 is 2.90 bits per heavy atom. The fourth-order valence-electron chi connectivity index (χ4n) is 1.99. The Morgan fingerprint density at radius 2 is 2.15 bits per heavy atom. The van der Waals surface area contributed by atoms with Gasteiger partial charge < -0.3 is 9.32 Å². The highest BCUT2D eigenvalue weighted by atomic mass is 79.9. The van der Waals surface area contributed by atoms with Crippen LogP contribution in [0.4, 0.5) is 11.5 Å². The van der Waals surface area contributed by atoms with E-state index in [1.54, 1.807) is 12.3 Å². The minimum atomic E-state index is -0.447. The number of pyridine rings is 1. The van der Waals surface area contributed by atoms with Crippen LogP contribution in [0.2, 0.25) is 0 Å². The number of aromatic nitrogens is 2. The van der Waals surface area contributed by atoms with Crippen molar-refractivity contribution in [3.63, 3.8) is 0 Å². The highest BCUT2D eigenvalue weighted by Gasteiger charge is 2.09. The lowest BCUT2D eigenvalue weighted by atomic mass is 10.2. The fourth-order valence-corrected chi connectivity index (χ4v) is 2.21. The minimum Gasteiger partial charge on any atom is -0.408 e. The number of halogens is 1. The maximum absolute atomic E-state index is 11.2. The van der Waals surface area contributed by atoms with Crippen LogP contribution in [-0.4, -0.2) is 17.0 Å². The first kappa shape index (κ1) is 12.9. The molecule has 3 aromatic rings. The predicted molar refractivity (Wildman–Crippen MR) is 81.6 cm³/mol. The summed E-state index contributed by atoms with van der Waals surface area (Å²) < 4.78 is 5.97. The van der Waals surface area contributed by atoms with Gasteiger partial charge in [0, 0.05) is 23.4 Å². The van der Waals surface area contributed by atoms with Crippen molar-refractivity contribution in [1.82, 2.24) is 9.97 Å². The molecule has 2 heterocycles. The number of hydrogen-bond acceptors (Lipinski definition) is 4. The molecule has 0 spiro atoms. The zero-order valence-corrected chi connectivity index (χ0v) is 12.6. The molecule has 0 amide bonds. The summed E-state index contributed by atoms with van der Waals surface area (Å²) in [5.41, 5.74) is 3.25. The number of H-pyrrole nitrogens is 1. The van der Waals surface area contributed by atoms with Crippen LogP contribution >= 0.6 is 15.9 Å². The Balaban J connectivity index is 2.04. The highest BCUT2D eigenvalue weighted by molar-refractivity contribution is 9.10. The number of benzene rings is 1. The number of fused-ring (bicyclic) bond motifs is 1. The van der Waals surface area contributed by atoms with E-state index in [9.17, 15) is 4.79 Å². The molecule has 0 saturated heterocycles. The zero-order chi connectivity index (χ0) is 14.3. The first-order valence-electron chi connectivity index (χ1n) is 6.03. The average Bonchev–Trinajstić information content (AvgIpc) is 2.80. The highest BCUT2D eigenvalue weighted by Crippen LogP contribution is 2.27. The standard InChI is InChI=1S/C14H12BrN3O2/c1-8-5-13(16-7-10(8)15)18(2)9-3-4-12-11(6-9)17-14(19)20-12/h3-7H,1-2H3,(H,17,19). The summed E-state index contributed by atoms with van der Waals surface area (Å²) in [7, 11) is 1.93. The van der Waals surface area contributed by atoms with E-state index in [4.69, 9.17) is 4.42 Å². The molecule has 0 aliphatic heterocycles. The lowest BCUT2D eigenvalue weighted by Gasteiger charge is -2.18. The average molecular weight is 334 g/mol. The Morgan fingerprint density at radius 1 is 1.35 bits per heavy atom. The molecule has 3 rings (SSSR count). The van der Waals surface area contributed by atoms with E-state index in [0.717, 1.165) is 21.5 Å². The SMILES string of the molecule is Cc1cc(N(C)c2ccc3oc(=O)[nH]c3c2)ncc1Br. The van der Waals surface area contributed by atoms with E-state index in [1.807, 2.05) is 37.1 Å². The van der Waals surface area contributed by atoms with Crippen LogP contribution in [0.1, 0.15) is 5.56 Å². The molecule has 0 aliphatic rings. The Bertz CT molecular complexity index is 838. The number of aryl methyl sites for hydroxylation is 1. The third kappa shape index (κ3) is 2.22. The van der Waals surface area contributed by atoms with Crippen LogP contribution in [0.5, 0.6) is 0 Å². The van der Waals surface area contributed by atoms with Crippen LogP contribution in [-0.2, 0) is 0 Å². The second-order valence-corrected chi connectivity index (χ2v) is 5.40. The fraction of sp³-hybridized carbons (Fsp3) is 0.143. The summed E-state index contributed by atoms with van der Waals surface area (Å²) in [6.07, 6.45) is 1.78. The molecule has 1 aromatic carbocycles. The molecular formula is C14H12BrN3O2. The maximum atomic E-state index is 11.2. The number of aromatic amines is 1. The largest absolute Gasteiger partial charge is 0.417 e. The van der Waals surface area contributed by atoms with Crippen LogP contribution in [0.3, 0.4) is 0 Å². The summed E-state index contributed by atoms with van der Waals surface area (Å²) >= 11 is 3.44. The minimum absolute atomic E-state index is 0.447. The van der Waals surface area contributed by atoms with Gasteiger partial charge in [0.1, 0.15) is 5.82 Å². The van der Waals surface area contributed by atoms with E-state index < -0.39 is 5.76 Å². The number of anilines is 2. The Labute approximate surface area is 123 Å². The first-order chi connectivity index (χ1) is 9.54. The van der Waals surface area contributed by atoms with Crippen molar-refractivity contribution >= 4 is 38.5 Å². The summed E-state index contributed by atoms with van der Waals surface area (Å²) in [6.45, 7) is 2.01. The molecule has 1 N–H and O–H groups in total. The van der Waals surface area contributed by atoms with E-state index >= 15 is 0 Å². The molecule has 102 valence electrons. The molecule has 0 bridgehead atoms. The van der Waals surface area contributed by atoms with Crippen molar-refractivity contribution in [2.45, 2.75) is 6.92 Å². The maximum Gasteiger partial charge on any atom is 0.417 e. The van der Waals surface area contributed by atoms with Crippen molar-refractivity contribution in [2.24, 2.45) is 0 Å². The zero-order valence-electron chi connectivity index (χ0n) is 11.0. The molecule has 0 atom stereocenters. The van der Waals surface area contributed by atoms with Crippen LogP contribution in [0, 0.1) is 6.92 Å². The quantitative estimate of drug-likeness (QED) is 0.781. The molecule has 0 saturated carbocycles. The number of nitrogens with one attached hydrogen (secondary N) is 1. The second kappa shape index (κ2) is 4.79. The number of oxazole rings is 1. The van der Waals surface area contributed by atoms with Crippen molar-refractivity contribution < 1.29 is 4.42 Å². The van der Waals surface area contributed by atoms with E-state index in [2.05, 4.69) is 25.9 Å². The number of rotatable bonds is 2.